The maximum absolute atomic E-state index is 15.2. The van der Waals surface area contributed by atoms with Crippen molar-refractivity contribution < 1.29 is 107 Å². The number of carboxylic acids is 1. The number of aromatic nitrogens is 2. The molecule has 41 heteroatoms. The van der Waals surface area contributed by atoms with E-state index in [2.05, 4.69) is 73.8 Å². The number of aliphatic hydroxyl groups excluding tert-OH is 1. The normalized spacial score (nSPS) is 17.2. The second-order valence-corrected chi connectivity index (χ2v) is 35.8. The Bertz CT molecular complexity index is 5530. The number of para-hydroxylation sites is 2. The van der Waals surface area contributed by atoms with Crippen LogP contribution in [0.3, 0.4) is 0 Å². The fourth-order valence-corrected chi connectivity index (χ4v) is 17.0. The van der Waals surface area contributed by atoms with Gasteiger partial charge in [0, 0.05) is 106 Å². The Morgan fingerprint density at radius 3 is 1.30 bits per heavy atom. The molecule has 3 fully saturated rings. The zero-order valence-corrected chi connectivity index (χ0v) is 77.4. The highest BCUT2D eigenvalue weighted by Gasteiger charge is 2.46. The Balaban J connectivity index is 0.824. The van der Waals surface area contributed by atoms with Crippen LogP contribution in [0.25, 0.3) is 21.8 Å². The van der Waals surface area contributed by atoms with E-state index in [1.54, 1.807) is 91.3 Å². The van der Waals surface area contributed by atoms with Crippen LogP contribution in [0, 0.1) is 11.8 Å². The second kappa shape index (κ2) is 48.9. The fourth-order valence-electron chi connectivity index (χ4n) is 17.0. The van der Waals surface area contributed by atoms with E-state index in [1.807, 2.05) is 27.7 Å². The summed E-state index contributed by atoms with van der Waals surface area (Å²) in [6.07, 6.45) is -0.484. The van der Waals surface area contributed by atoms with Crippen molar-refractivity contribution in [1.82, 2.24) is 88.5 Å². The third-order valence-corrected chi connectivity index (χ3v) is 24.2. The van der Waals surface area contributed by atoms with Crippen molar-refractivity contribution in [3.05, 3.63) is 168 Å². The van der Waals surface area contributed by atoms with Crippen molar-refractivity contribution in [2.24, 2.45) is 23.3 Å². The number of carbonyl (C=O) groups is 18. The number of nitrogens with one attached hydrogen (secondary N) is 14. The molecule has 7 aromatic rings. The number of phenolic OH excluding ortho intramolecular Hbond substituents is 2. The van der Waals surface area contributed by atoms with Crippen molar-refractivity contribution in [2.75, 3.05) is 26.2 Å². The summed E-state index contributed by atoms with van der Waals surface area (Å²) in [5.41, 5.74) is 14.9. The van der Waals surface area contributed by atoms with E-state index in [0.717, 1.165) is 9.80 Å². The molecule has 734 valence electrons. The maximum Gasteiger partial charge on any atom is 0.303 e. The molecule has 0 spiro atoms. The highest BCUT2D eigenvalue weighted by molar-refractivity contribution is 6.02. The molecule has 0 bridgehead atoms. The Hall–Kier alpha value is -14.8. The monoisotopic (exact) mass is 1890 g/mol. The van der Waals surface area contributed by atoms with Gasteiger partial charge in [-0.25, -0.2) is 0 Å². The third kappa shape index (κ3) is 29.6. The van der Waals surface area contributed by atoms with Gasteiger partial charge in [0.25, 0.3) is 0 Å². The number of primary amides is 2. The molecule has 10 rings (SSSR count). The van der Waals surface area contributed by atoms with Gasteiger partial charge in [0.2, 0.25) is 100 Å². The minimum Gasteiger partial charge on any atom is -0.508 e. The van der Waals surface area contributed by atoms with E-state index in [4.69, 9.17) is 11.5 Å². The number of H-pyrrole nitrogens is 2. The van der Waals surface area contributed by atoms with Crippen molar-refractivity contribution in [3.8, 4) is 11.5 Å². The van der Waals surface area contributed by atoms with Crippen molar-refractivity contribution in [3.63, 3.8) is 0 Å². The fraction of sp³-hybridized carbons (Fsp3) is 0.458. The number of nitrogens with zero attached hydrogens (tertiary/aromatic N) is 3. The van der Waals surface area contributed by atoms with Crippen LogP contribution < -0.4 is 75.3 Å². The number of hydrogen-bond donors (Lipinski definition) is 20. The zero-order chi connectivity index (χ0) is 99.6. The molecule has 0 unspecified atom stereocenters. The molecule has 2 aromatic heterocycles. The van der Waals surface area contributed by atoms with Crippen molar-refractivity contribution >= 4 is 128 Å². The van der Waals surface area contributed by atoms with Gasteiger partial charge in [0.05, 0.1) is 12.6 Å². The first-order chi connectivity index (χ1) is 65.2. The van der Waals surface area contributed by atoms with Gasteiger partial charge < -0.3 is 120 Å². The average molecular weight is 1900 g/mol. The van der Waals surface area contributed by atoms with Gasteiger partial charge in [-0.3, -0.25) is 86.3 Å². The van der Waals surface area contributed by atoms with Crippen molar-refractivity contribution in [1.29, 1.82) is 0 Å². The molecule has 22 N–H and O–H groups in total. The topological polar surface area (TPSA) is 626 Å². The number of aliphatic carboxylic acids is 1. The summed E-state index contributed by atoms with van der Waals surface area (Å²) in [6.45, 7) is 10.2. The molecule has 137 heavy (non-hydrogen) atoms. The summed E-state index contributed by atoms with van der Waals surface area (Å²) in [5, 5.41) is 74.5. The SMILES string of the molecule is CC(=O)N[C@@H](Cc1ccccc1)C(=O)N[C@@H](CCC(=O)O)C(=O)N[C@@H](Cc1c[nH]c2ccccc12)C(=O)N[C@H](C(=O)N1CCC[C@H]1C(=O)NCC(=O)N[C@@H](Cc1c[nH]c2ccccc12)C(=O)N[C@@H](Cc1ccc(O)cc1)C(=O)N[C@@H](CCC(N)=O)C(=O)N1CC[C@H]1C(=O)N[C@@H](Cc1ccc(O)cc1)C(=O)N[C@@H](C)C(=O)N[C@@H](CC(C)C)C(=O)N1CCC[C@H]1C(=O)N[C@@H](CC(C)C)C(N)=O)[C@@H](C)O. The van der Waals surface area contributed by atoms with Gasteiger partial charge in [-0.1, -0.05) is 119 Å². The summed E-state index contributed by atoms with van der Waals surface area (Å²) in [5.74, 6) is -16.4. The zero-order valence-electron chi connectivity index (χ0n) is 77.4. The Morgan fingerprint density at radius 2 is 0.803 bits per heavy atom. The standard InChI is InChI=1S/C96H123N19O22/c1-51(2)41-69(83(98)124)107-92(133)77-24-16-38-113(77)95(136)75(42-52(3)4)111-84(125)53(5)102-86(127)71(44-57-25-29-61(118)30-26-57)110-93(134)78-37-40-115(78)94(135)68(33-35-79(97)120)106-88(129)72(45-58-27-31-62(119)32-28-58)108-89(130)73(46-59-48-99-65-21-13-11-19-63(59)65)104-80(121)50-101-91(132)76-23-15-39-114(76)96(137)82(54(6)116)112-90(131)74(47-60-49-100-66-22-14-12-20-64(60)66)109-85(126)67(34-36-81(122)123)105-87(128)70(103-55(7)117)43-56-17-9-8-10-18-56/h8-14,17-22,25-32,48-49,51-54,67-78,82,99-100,116,118-119H,15-16,23-24,33-47,50H2,1-7H3,(H2,97,120)(H2,98,124)(H,101,132)(H,102,127)(H,103,117)(H,104,121)(H,105,128)(H,106,129)(H,107,133)(H,108,130)(H,109,126)(H,110,134)(H,111,125)(H,112,131)(H,122,123)/t53-,54+,67-,68-,69-,70-,71-,72-,73-,74-,75-,76-,77-,78-,82-/m0/s1. The minimum absolute atomic E-state index is 0.00337. The highest BCUT2D eigenvalue weighted by Crippen LogP contribution is 2.28. The van der Waals surface area contributed by atoms with Gasteiger partial charge in [0.15, 0.2) is 0 Å². The summed E-state index contributed by atoms with van der Waals surface area (Å²) in [7, 11) is 0. The Labute approximate surface area is 790 Å². The predicted molar refractivity (Wildman–Crippen MR) is 498 cm³/mol. The van der Waals surface area contributed by atoms with Gasteiger partial charge in [-0.05, 0) is 148 Å². The molecule has 0 aliphatic carbocycles. The molecule has 5 heterocycles. The molecule has 3 aliphatic rings. The van der Waals surface area contributed by atoms with Gasteiger partial charge in [-0.2, -0.15) is 0 Å². The summed E-state index contributed by atoms with van der Waals surface area (Å²) in [6, 6.07) is 13.8. The first-order valence-corrected chi connectivity index (χ1v) is 45.8. The smallest absolute Gasteiger partial charge is 0.303 e. The lowest BCUT2D eigenvalue weighted by Gasteiger charge is -2.42. The Morgan fingerprint density at radius 1 is 0.401 bits per heavy atom. The number of hydrogen-bond acceptors (Lipinski definition) is 21. The van der Waals surface area contributed by atoms with E-state index in [-0.39, 0.29) is 114 Å². The second-order valence-electron chi connectivity index (χ2n) is 35.8. The van der Waals surface area contributed by atoms with Crippen molar-refractivity contribution in [2.45, 2.75) is 242 Å². The van der Waals surface area contributed by atoms with Crippen LogP contribution >= 0.6 is 0 Å². The molecule has 3 aliphatic heterocycles. The summed E-state index contributed by atoms with van der Waals surface area (Å²) in [4.78, 5) is 263. The average Bonchev–Trinajstić information content (AvgIpc) is 1.76. The predicted octanol–water partition coefficient (Wildman–Crippen LogP) is -0.266. The number of carbonyl (C=O) groups excluding carboxylic acids is 17. The summed E-state index contributed by atoms with van der Waals surface area (Å²) < 4.78 is 0. The molecular formula is C96H123N19O22. The van der Waals surface area contributed by atoms with E-state index in [1.165, 1.54) is 74.2 Å². The number of likely N-dealkylation sites (tertiary alicyclic amines) is 3. The number of aromatic amines is 2. The molecular weight excluding hydrogens is 1770 g/mol. The molecule has 3 saturated heterocycles. The number of aromatic hydroxyl groups is 2. The van der Waals surface area contributed by atoms with E-state index >= 15 is 14.4 Å². The largest absolute Gasteiger partial charge is 0.508 e. The molecule has 41 nitrogen and oxygen atoms in total. The molecule has 0 saturated carbocycles. The minimum atomic E-state index is -1.81. The molecule has 0 radical (unpaired) electrons. The van der Waals surface area contributed by atoms with Gasteiger partial charge in [0.1, 0.15) is 96.1 Å². The number of nitrogens with two attached hydrogens (primary N) is 2. The van der Waals surface area contributed by atoms with E-state index in [0.29, 0.717) is 56.0 Å². The van der Waals surface area contributed by atoms with Crippen LogP contribution in [0.5, 0.6) is 11.5 Å². The lowest BCUT2D eigenvalue weighted by Crippen LogP contribution is -2.65. The lowest BCUT2D eigenvalue weighted by atomic mass is 9.97. The third-order valence-electron chi connectivity index (χ3n) is 24.2. The number of fused-ring (bicyclic) bond motifs is 2. The quantitative estimate of drug-likeness (QED) is 0.0233. The first kappa shape index (κ1) is 104. The Kier molecular flexibility index (Phi) is 37.2. The van der Waals surface area contributed by atoms with Gasteiger partial charge in [-0.15, -0.1) is 0 Å². The van der Waals surface area contributed by atoms with Crippen LogP contribution in [-0.2, 0) is 118 Å². The molecule has 17 amide bonds. The number of carboxylic acid groups (broad SMARTS) is 1. The number of benzene rings is 5. The van der Waals surface area contributed by atoms with Crippen LogP contribution in [0.2, 0.25) is 0 Å². The first-order valence-electron chi connectivity index (χ1n) is 45.8. The highest BCUT2D eigenvalue weighted by atomic mass is 16.4. The molecule has 5 aromatic carbocycles. The van der Waals surface area contributed by atoms with Crippen LogP contribution in [0.15, 0.2) is 140 Å². The lowest BCUT2D eigenvalue weighted by molar-refractivity contribution is -0.151. The van der Waals surface area contributed by atoms with Crippen LogP contribution in [0.1, 0.15) is 147 Å². The number of aliphatic hydroxyl groups is 1. The number of amides is 17. The van der Waals surface area contributed by atoms with E-state index in [9.17, 15) is 92.3 Å². The van der Waals surface area contributed by atoms with Gasteiger partial charge >= 0.3 is 5.97 Å². The molecule has 15 atom stereocenters. The number of phenols is 2. The maximum atomic E-state index is 15.2. The van der Waals surface area contributed by atoms with Crippen LogP contribution in [-0.4, -0.2) is 268 Å². The van der Waals surface area contributed by atoms with Crippen LogP contribution in [0.4, 0.5) is 0 Å². The number of rotatable bonds is 48. The summed E-state index contributed by atoms with van der Waals surface area (Å²) >= 11 is 0. The van der Waals surface area contributed by atoms with E-state index < -0.39 is 229 Å².